The van der Waals surface area contributed by atoms with Crippen LogP contribution in [0.3, 0.4) is 0 Å². The largest absolute Gasteiger partial charge is 0.488 e. The molecule has 6 nitrogen and oxygen atoms in total. The Kier molecular flexibility index (Phi) is 6.65. The summed E-state index contributed by atoms with van der Waals surface area (Å²) in [6.07, 6.45) is 1.29. The highest BCUT2D eigenvalue weighted by Gasteiger charge is 2.49. The fourth-order valence-electron chi connectivity index (χ4n) is 4.75. The highest BCUT2D eigenvalue weighted by atomic mass is 19.1. The van der Waals surface area contributed by atoms with Gasteiger partial charge in [0.1, 0.15) is 17.7 Å². The van der Waals surface area contributed by atoms with Crippen molar-refractivity contribution in [3.8, 4) is 5.75 Å². The number of ether oxygens (including phenoxy) is 2. The molecule has 1 N–H and O–H groups in total. The summed E-state index contributed by atoms with van der Waals surface area (Å²) < 4.78 is 41.4. The molecule has 2 fully saturated rings. The lowest BCUT2D eigenvalue weighted by Gasteiger charge is -2.42. The summed E-state index contributed by atoms with van der Waals surface area (Å²) >= 11 is 0. The Bertz CT molecular complexity index is 1000. The van der Waals surface area contributed by atoms with Gasteiger partial charge in [-0.25, -0.2) is 8.78 Å². The third-order valence-electron chi connectivity index (χ3n) is 6.10. The first-order chi connectivity index (χ1) is 15.8. The number of rotatable bonds is 6. The van der Waals surface area contributed by atoms with E-state index >= 15 is 4.39 Å². The molecule has 2 heterocycles. The van der Waals surface area contributed by atoms with Gasteiger partial charge in [0.2, 0.25) is 5.91 Å². The SMILES string of the molecule is CC(=O)N[C@](F)(Cc1ccccc1)C(=O)N1CCC[C@]2(C[C@@H](Oc3cccc(F)c3)CO2)C1. The average molecular weight is 459 g/mol. The molecule has 176 valence electrons. The summed E-state index contributed by atoms with van der Waals surface area (Å²) in [6, 6.07) is 14.7. The van der Waals surface area contributed by atoms with Crippen LogP contribution in [0.4, 0.5) is 8.78 Å². The molecular formula is C25H28F2N2O4. The van der Waals surface area contributed by atoms with Crippen molar-refractivity contribution < 1.29 is 27.8 Å². The van der Waals surface area contributed by atoms with Gasteiger partial charge >= 0.3 is 0 Å². The summed E-state index contributed by atoms with van der Waals surface area (Å²) in [7, 11) is 0. The van der Waals surface area contributed by atoms with Crippen LogP contribution >= 0.6 is 0 Å². The van der Waals surface area contributed by atoms with Gasteiger partial charge in [0.15, 0.2) is 0 Å². The highest BCUT2D eigenvalue weighted by Crippen LogP contribution is 2.37. The maximum absolute atomic E-state index is 16.0. The van der Waals surface area contributed by atoms with E-state index in [1.54, 1.807) is 42.5 Å². The van der Waals surface area contributed by atoms with Crippen molar-refractivity contribution in [1.29, 1.82) is 0 Å². The maximum Gasteiger partial charge on any atom is 0.281 e. The number of nitrogens with one attached hydrogen (secondary N) is 1. The fraction of sp³-hybridized carbons (Fsp3) is 0.440. The van der Waals surface area contributed by atoms with Gasteiger partial charge in [0.05, 0.1) is 12.2 Å². The molecule has 2 aromatic rings. The number of nitrogens with zero attached hydrogens (tertiary/aromatic N) is 1. The molecule has 0 unspecified atom stereocenters. The lowest BCUT2D eigenvalue weighted by Crippen LogP contribution is -2.61. The van der Waals surface area contributed by atoms with Crippen molar-refractivity contribution in [2.75, 3.05) is 19.7 Å². The topological polar surface area (TPSA) is 67.9 Å². The zero-order valence-electron chi connectivity index (χ0n) is 18.6. The van der Waals surface area contributed by atoms with Crippen molar-refractivity contribution in [2.24, 2.45) is 0 Å². The van der Waals surface area contributed by atoms with E-state index in [0.717, 1.165) is 0 Å². The molecule has 0 saturated carbocycles. The van der Waals surface area contributed by atoms with E-state index in [1.807, 2.05) is 0 Å². The quantitative estimate of drug-likeness (QED) is 0.674. The lowest BCUT2D eigenvalue weighted by atomic mass is 9.88. The van der Waals surface area contributed by atoms with Gasteiger partial charge in [-0.1, -0.05) is 36.4 Å². The van der Waals surface area contributed by atoms with Crippen molar-refractivity contribution in [2.45, 2.75) is 50.1 Å². The second-order valence-electron chi connectivity index (χ2n) is 8.87. The van der Waals surface area contributed by atoms with Gasteiger partial charge in [-0.05, 0) is 30.5 Å². The second-order valence-corrected chi connectivity index (χ2v) is 8.87. The Morgan fingerprint density at radius 3 is 2.76 bits per heavy atom. The van der Waals surface area contributed by atoms with Gasteiger partial charge in [-0.3, -0.25) is 9.59 Å². The maximum atomic E-state index is 16.0. The number of carbonyl (C=O) groups is 2. The predicted octanol–water partition coefficient (Wildman–Crippen LogP) is 3.40. The van der Waals surface area contributed by atoms with Crippen LogP contribution in [0.25, 0.3) is 0 Å². The first kappa shape index (κ1) is 23.2. The lowest BCUT2D eigenvalue weighted by molar-refractivity contribution is -0.156. The zero-order chi connectivity index (χ0) is 23.5. The molecule has 3 atom stereocenters. The van der Waals surface area contributed by atoms with Gasteiger partial charge < -0.3 is 19.7 Å². The summed E-state index contributed by atoms with van der Waals surface area (Å²) in [5, 5.41) is 2.23. The predicted molar refractivity (Wildman–Crippen MR) is 118 cm³/mol. The minimum atomic E-state index is -2.55. The molecule has 0 radical (unpaired) electrons. The minimum Gasteiger partial charge on any atom is -0.488 e. The minimum absolute atomic E-state index is 0.203. The number of hydrogen-bond acceptors (Lipinski definition) is 4. The second kappa shape index (κ2) is 9.47. The van der Waals surface area contributed by atoms with E-state index in [9.17, 15) is 14.0 Å². The van der Waals surface area contributed by atoms with Crippen LogP contribution in [0, 0.1) is 5.82 Å². The molecule has 0 aliphatic carbocycles. The van der Waals surface area contributed by atoms with E-state index in [2.05, 4.69) is 5.32 Å². The first-order valence-electron chi connectivity index (χ1n) is 11.1. The van der Waals surface area contributed by atoms with Crippen LogP contribution in [-0.4, -0.2) is 53.9 Å². The van der Waals surface area contributed by atoms with Crippen molar-refractivity contribution in [1.82, 2.24) is 10.2 Å². The number of alkyl halides is 1. The molecule has 2 saturated heterocycles. The van der Waals surface area contributed by atoms with Crippen LogP contribution in [0.2, 0.25) is 0 Å². The van der Waals surface area contributed by atoms with Crippen LogP contribution in [0.15, 0.2) is 54.6 Å². The molecule has 2 aromatic carbocycles. The molecule has 8 heteroatoms. The van der Waals surface area contributed by atoms with E-state index in [4.69, 9.17) is 9.47 Å². The van der Waals surface area contributed by atoms with Gasteiger partial charge in [-0.15, -0.1) is 0 Å². The number of likely N-dealkylation sites (tertiary alicyclic amines) is 1. The third-order valence-corrected chi connectivity index (χ3v) is 6.10. The molecule has 4 rings (SSSR count). The highest BCUT2D eigenvalue weighted by molar-refractivity contribution is 5.90. The van der Waals surface area contributed by atoms with Gasteiger partial charge in [0, 0.05) is 38.9 Å². The van der Waals surface area contributed by atoms with E-state index < -0.39 is 23.2 Å². The number of benzene rings is 2. The smallest absolute Gasteiger partial charge is 0.281 e. The normalized spacial score (nSPS) is 24.3. The number of halogens is 2. The molecule has 1 spiro atoms. The number of carbonyl (C=O) groups excluding carboxylic acids is 2. The van der Waals surface area contributed by atoms with Gasteiger partial charge in [0.25, 0.3) is 11.7 Å². The molecule has 2 aliphatic heterocycles. The van der Waals surface area contributed by atoms with Crippen molar-refractivity contribution in [3.05, 3.63) is 66.0 Å². The van der Waals surface area contributed by atoms with Crippen LogP contribution in [-0.2, 0) is 20.7 Å². The Morgan fingerprint density at radius 1 is 1.24 bits per heavy atom. The molecule has 33 heavy (non-hydrogen) atoms. The summed E-state index contributed by atoms with van der Waals surface area (Å²) in [5.74, 6) is -3.92. The van der Waals surface area contributed by atoms with Crippen LogP contribution < -0.4 is 10.1 Å². The van der Waals surface area contributed by atoms with E-state index in [1.165, 1.54) is 24.0 Å². The molecule has 2 aliphatic rings. The Labute approximate surface area is 191 Å². The zero-order valence-corrected chi connectivity index (χ0v) is 18.6. The van der Waals surface area contributed by atoms with E-state index in [-0.39, 0.29) is 24.9 Å². The fourth-order valence-corrected chi connectivity index (χ4v) is 4.75. The summed E-state index contributed by atoms with van der Waals surface area (Å²) in [5.41, 5.74) is -0.0509. The standard InChI is InChI=1S/C25H28F2N2O4/c1-18(30)28-25(27,14-19-7-3-2-4-8-19)23(31)29-12-6-11-24(17-29)15-22(16-32-24)33-21-10-5-9-20(26)13-21/h2-5,7-10,13,22H,6,11-12,14-17H2,1H3,(H,28,30)/t22-,24+,25-/m1/s1. The number of hydrogen-bond donors (Lipinski definition) is 1. The third kappa shape index (κ3) is 5.50. The molecular weight excluding hydrogens is 430 g/mol. The van der Waals surface area contributed by atoms with Crippen molar-refractivity contribution >= 4 is 11.8 Å². The van der Waals surface area contributed by atoms with Crippen LogP contribution in [0.1, 0.15) is 31.7 Å². The van der Waals surface area contributed by atoms with Gasteiger partial charge in [-0.2, -0.15) is 0 Å². The molecule has 0 aromatic heterocycles. The number of amides is 2. The van der Waals surface area contributed by atoms with E-state index in [0.29, 0.717) is 43.7 Å². The summed E-state index contributed by atoms with van der Waals surface area (Å²) in [6.45, 7) is 2.07. The first-order valence-corrected chi connectivity index (χ1v) is 11.1. The van der Waals surface area contributed by atoms with Crippen molar-refractivity contribution in [3.63, 3.8) is 0 Å². The average Bonchev–Trinajstić information content (AvgIpc) is 3.14. The number of piperidine rings is 1. The Hall–Kier alpha value is -3.00. The van der Waals surface area contributed by atoms with Crippen LogP contribution in [0.5, 0.6) is 5.75 Å². The Morgan fingerprint density at radius 2 is 2.03 bits per heavy atom. The Balaban J connectivity index is 1.46. The monoisotopic (exact) mass is 458 g/mol. The molecule has 0 bridgehead atoms. The molecule has 2 amide bonds. The summed E-state index contributed by atoms with van der Waals surface area (Å²) in [4.78, 5) is 26.5.